The number of hydrogen-bond donors (Lipinski definition) is 1. The molecule has 0 bridgehead atoms. The Morgan fingerprint density at radius 1 is 1.26 bits per heavy atom. The first-order valence-corrected chi connectivity index (χ1v) is 7.03. The zero-order chi connectivity index (χ0) is 13.2. The van der Waals surface area contributed by atoms with E-state index in [9.17, 15) is 0 Å². The first kappa shape index (κ1) is 12.2. The number of nitrogens with zero attached hydrogens (tertiary/aromatic N) is 3. The van der Waals surface area contributed by atoms with Gasteiger partial charge in [-0.2, -0.15) is 0 Å². The van der Waals surface area contributed by atoms with E-state index in [1.54, 1.807) is 6.33 Å². The maximum absolute atomic E-state index is 5.81. The molecular formula is C15H20N4. The van der Waals surface area contributed by atoms with Crippen LogP contribution in [0.25, 0.3) is 10.9 Å². The fourth-order valence-corrected chi connectivity index (χ4v) is 2.86. The molecule has 0 radical (unpaired) electrons. The largest absolute Gasteiger partial charge is 0.399 e. The van der Waals surface area contributed by atoms with Gasteiger partial charge in [0.1, 0.15) is 12.1 Å². The molecule has 3 rings (SSSR count). The Balaban J connectivity index is 1.93. The van der Waals surface area contributed by atoms with E-state index in [0.29, 0.717) is 0 Å². The smallest absolute Gasteiger partial charge is 0.139 e. The van der Waals surface area contributed by atoms with E-state index in [1.165, 1.54) is 19.3 Å². The van der Waals surface area contributed by atoms with Crippen LogP contribution in [0.4, 0.5) is 11.5 Å². The molecule has 4 heteroatoms. The molecule has 1 aromatic heterocycles. The van der Waals surface area contributed by atoms with Gasteiger partial charge in [-0.05, 0) is 37.0 Å². The fourth-order valence-electron chi connectivity index (χ4n) is 2.86. The molecule has 0 aliphatic carbocycles. The summed E-state index contributed by atoms with van der Waals surface area (Å²) in [5, 5.41) is 1.10. The van der Waals surface area contributed by atoms with Crippen molar-refractivity contribution in [3.8, 4) is 0 Å². The van der Waals surface area contributed by atoms with Gasteiger partial charge in [0, 0.05) is 24.2 Å². The van der Waals surface area contributed by atoms with Crippen molar-refractivity contribution in [3.63, 3.8) is 0 Å². The minimum absolute atomic E-state index is 0.752. The summed E-state index contributed by atoms with van der Waals surface area (Å²) in [5.41, 5.74) is 7.50. The van der Waals surface area contributed by atoms with Gasteiger partial charge in [0.05, 0.1) is 5.52 Å². The Hall–Kier alpha value is -1.84. The van der Waals surface area contributed by atoms with Crippen LogP contribution in [0.5, 0.6) is 0 Å². The van der Waals surface area contributed by atoms with Crippen LogP contribution in [0.3, 0.4) is 0 Å². The van der Waals surface area contributed by atoms with Crippen LogP contribution < -0.4 is 10.6 Å². The van der Waals surface area contributed by atoms with Gasteiger partial charge >= 0.3 is 0 Å². The molecule has 0 atom stereocenters. The Bertz CT molecular complexity index is 573. The SMILES string of the molecule is CCC1CCN(c2ncnc3cc(N)ccc23)CC1. The van der Waals surface area contributed by atoms with Crippen molar-refractivity contribution in [1.29, 1.82) is 0 Å². The molecule has 19 heavy (non-hydrogen) atoms. The summed E-state index contributed by atoms with van der Waals surface area (Å²) in [5.74, 6) is 1.93. The zero-order valence-corrected chi connectivity index (χ0v) is 11.3. The van der Waals surface area contributed by atoms with Gasteiger partial charge in [-0.15, -0.1) is 0 Å². The number of benzene rings is 1. The van der Waals surface area contributed by atoms with E-state index in [2.05, 4.69) is 21.8 Å². The van der Waals surface area contributed by atoms with E-state index in [4.69, 9.17) is 5.73 Å². The molecule has 1 aliphatic rings. The molecular weight excluding hydrogens is 236 g/mol. The topological polar surface area (TPSA) is 55.0 Å². The minimum atomic E-state index is 0.752. The van der Waals surface area contributed by atoms with Crippen LogP contribution in [-0.4, -0.2) is 23.1 Å². The lowest BCUT2D eigenvalue weighted by atomic mass is 9.94. The number of piperidine rings is 1. The average molecular weight is 256 g/mol. The molecule has 1 aromatic carbocycles. The predicted octanol–water partition coefficient (Wildman–Crippen LogP) is 2.84. The number of rotatable bonds is 2. The van der Waals surface area contributed by atoms with Crippen molar-refractivity contribution in [2.24, 2.45) is 5.92 Å². The highest BCUT2D eigenvalue weighted by Crippen LogP contribution is 2.28. The monoisotopic (exact) mass is 256 g/mol. The summed E-state index contributed by atoms with van der Waals surface area (Å²) in [4.78, 5) is 11.2. The highest BCUT2D eigenvalue weighted by Gasteiger charge is 2.20. The molecule has 2 N–H and O–H groups in total. The average Bonchev–Trinajstić information content (AvgIpc) is 2.46. The minimum Gasteiger partial charge on any atom is -0.399 e. The zero-order valence-electron chi connectivity index (χ0n) is 11.3. The summed E-state index contributed by atoms with van der Waals surface area (Å²) in [6, 6.07) is 5.87. The summed E-state index contributed by atoms with van der Waals surface area (Å²) in [6.45, 7) is 4.47. The standard InChI is InChI=1S/C15H20N4/c1-2-11-5-7-19(8-6-11)15-13-4-3-12(16)9-14(13)17-10-18-15/h3-4,9-11H,2,5-8,16H2,1H3. The number of nitrogen functional groups attached to an aromatic ring is 1. The first-order chi connectivity index (χ1) is 9.28. The molecule has 0 unspecified atom stereocenters. The normalized spacial score (nSPS) is 17.0. The molecule has 1 fully saturated rings. The van der Waals surface area contributed by atoms with Crippen LogP contribution in [0.1, 0.15) is 26.2 Å². The molecule has 2 heterocycles. The maximum atomic E-state index is 5.81. The lowest BCUT2D eigenvalue weighted by molar-refractivity contribution is 0.394. The van der Waals surface area contributed by atoms with E-state index in [0.717, 1.165) is 41.4 Å². The van der Waals surface area contributed by atoms with Gasteiger partial charge in [-0.25, -0.2) is 9.97 Å². The van der Waals surface area contributed by atoms with Gasteiger partial charge in [0.2, 0.25) is 0 Å². The molecule has 4 nitrogen and oxygen atoms in total. The third kappa shape index (κ3) is 2.35. The highest BCUT2D eigenvalue weighted by molar-refractivity contribution is 5.91. The third-order valence-corrected chi connectivity index (χ3v) is 4.13. The fraction of sp³-hybridized carbons (Fsp3) is 0.467. The maximum Gasteiger partial charge on any atom is 0.139 e. The number of anilines is 2. The second-order valence-electron chi connectivity index (χ2n) is 5.31. The van der Waals surface area contributed by atoms with Crippen LogP contribution >= 0.6 is 0 Å². The van der Waals surface area contributed by atoms with E-state index >= 15 is 0 Å². The molecule has 2 aromatic rings. The Morgan fingerprint density at radius 3 is 2.79 bits per heavy atom. The number of fused-ring (bicyclic) bond motifs is 1. The van der Waals surface area contributed by atoms with Crippen LogP contribution in [0.15, 0.2) is 24.5 Å². The molecule has 0 spiro atoms. The van der Waals surface area contributed by atoms with Gasteiger partial charge < -0.3 is 10.6 Å². The van der Waals surface area contributed by atoms with Crippen molar-refractivity contribution in [3.05, 3.63) is 24.5 Å². The number of nitrogens with two attached hydrogens (primary N) is 1. The van der Waals surface area contributed by atoms with Crippen LogP contribution in [0, 0.1) is 5.92 Å². The van der Waals surface area contributed by atoms with Gasteiger partial charge in [0.25, 0.3) is 0 Å². The van der Waals surface area contributed by atoms with Crippen LogP contribution in [0.2, 0.25) is 0 Å². The van der Waals surface area contributed by atoms with Crippen molar-refractivity contribution in [1.82, 2.24) is 9.97 Å². The predicted molar refractivity (Wildman–Crippen MR) is 79.2 cm³/mol. The lowest BCUT2D eigenvalue weighted by Crippen LogP contribution is -2.34. The van der Waals surface area contributed by atoms with E-state index < -0.39 is 0 Å². The van der Waals surface area contributed by atoms with Crippen molar-refractivity contribution in [2.75, 3.05) is 23.7 Å². The lowest BCUT2D eigenvalue weighted by Gasteiger charge is -2.32. The summed E-state index contributed by atoms with van der Waals surface area (Å²) < 4.78 is 0. The molecule has 1 aliphatic heterocycles. The first-order valence-electron chi connectivity index (χ1n) is 7.03. The Kier molecular flexibility index (Phi) is 3.23. The second kappa shape index (κ2) is 5.03. The summed E-state index contributed by atoms with van der Waals surface area (Å²) in [6.07, 6.45) is 5.45. The molecule has 1 saturated heterocycles. The molecule has 100 valence electrons. The van der Waals surface area contributed by atoms with Crippen molar-refractivity contribution in [2.45, 2.75) is 26.2 Å². The highest BCUT2D eigenvalue weighted by atomic mass is 15.2. The van der Waals surface area contributed by atoms with Gasteiger partial charge in [-0.3, -0.25) is 0 Å². The number of hydrogen-bond acceptors (Lipinski definition) is 4. The van der Waals surface area contributed by atoms with E-state index in [-0.39, 0.29) is 0 Å². The van der Waals surface area contributed by atoms with E-state index in [1.807, 2.05) is 18.2 Å². The van der Waals surface area contributed by atoms with Gasteiger partial charge in [0.15, 0.2) is 0 Å². The Labute approximate surface area is 113 Å². The molecule has 0 amide bonds. The second-order valence-corrected chi connectivity index (χ2v) is 5.31. The Morgan fingerprint density at radius 2 is 2.05 bits per heavy atom. The quantitative estimate of drug-likeness (QED) is 0.839. The summed E-state index contributed by atoms with van der Waals surface area (Å²) >= 11 is 0. The molecule has 0 saturated carbocycles. The van der Waals surface area contributed by atoms with Crippen molar-refractivity contribution < 1.29 is 0 Å². The number of aromatic nitrogens is 2. The van der Waals surface area contributed by atoms with Crippen molar-refractivity contribution >= 4 is 22.4 Å². The van der Waals surface area contributed by atoms with Gasteiger partial charge in [-0.1, -0.05) is 13.3 Å². The van der Waals surface area contributed by atoms with Crippen LogP contribution in [-0.2, 0) is 0 Å². The summed E-state index contributed by atoms with van der Waals surface area (Å²) in [7, 11) is 0. The third-order valence-electron chi connectivity index (χ3n) is 4.13.